The predicted molar refractivity (Wildman–Crippen MR) is 169 cm³/mol. The van der Waals surface area contributed by atoms with E-state index in [0.29, 0.717) is 36.2 Å². The van der Waals surface area contributed by atoms with Crippen molar-refractivity contribution >= 4 is 0 Å². The lowest BCUT2D eigenvalue weighted by Gasteiger charge is -2.20. The normalized spacial score (nSPS) is 14.6. The number of hydrogen-bond donors (Lipinski definition) is 0. The molecule has 0 saturated carbocycles. The SMILES string of the molecule is C=CCCCOC(=C)/C(F)=C(/F)C(=C)C(=C)/C=C\C(=C)C(=C)/C(F)=C(/F)C(=C)/C(C)=C/CC(C)C(C)CCC(C)C. The van der Waals surface area contributed by atoms with E-state index in [1.165, 1.54) is 12.2 Å². The summed E-state index contributed by atoms with van der Waals surface area (Å²) in [6, 6.07) is 0. The molecule has 0 radical (unpaired) electrons. The molecule has 0 aromatic carbocycles. The van der Waals surface area contributed by atoms with E-state index in [9.17, 15) is 17.6 Å². The van der Waals surface area contributed by atoms with Gasteiger partial charge in [0.25, 0.3) is 0 Å². The van der Waals surface area contributed by atoms with Crippen LogP contribution in [0, 0.1) is 17.8 Å². The molecule has 1 nitrogen and oxygen atoms in total. The van der Waals surface area contributed by atoms with Crippen LogP contribution < -0.4 is 0 Å². The second kappa shape index (κ2) is 18.9. The zero-order valence-electron chi connectivity index (χ0n) is 25.7. The summed E-state index contributed by atoms with van der Waals surface area (Å²) in [5.41, 5.74) is -0.226. The van der Waals surface area contributed by atoms with Gasteiger partial charge in [-0.05, 0) is 60.7 Å². The van der Waals surface area contributed by atoms with Crippen LogP contribution in [0.5, 0.6) is 0 Å². The summed E-state index contributed by atoms with van der Waals surface area (Å²) >= 11 is 0. The van der Waals surface area contributed by atoms with Gasteiger partial charge in [0.2, 0.25) is 5.83 Å². The van der Waals surface area contributed by atoms with Crippen molar-refractivity contribution in [2.24, 2.45) is 17.8 Å². The van der Waals surface area contributed by atoms with E-state index in [4.69, 9.17) is 4.74 Å². The van der Waals surface area contributed by atoms with E-state index >= 15 is 0 Å². The van der Waals surface area contributed by atoms with Crippen LogP contribution in [0.1, 0.15) is 66.7 Å². The summed E-state index contributed by atoms with van der Waals surface area (Å²) in [6.07, 6.45) is 10.3. The van der Waals surface area contributed by atoms with Gasteiger partial charge in [-0.25, -0.2) is 13.2 Å². The van der Waals surface area contributed by atoms with Crippen LogP contribution in [0.2, 0.25) is 0 Å². The molecule has 2 unspecified atom stereocenters. The van der Waals surface area contributed by atoms with Crippen LogP contribution in [-0.4, -0.2) is 6.61 Å². The molecule has 0 bridgehead atoms. The van der Waals surface area contributed by atoms with Crippen molar-refractivity contribution in [1.82, 2.24) is 0 Å². The van der Waals surface area contributed by atoms with E-state index in [-0.39, 0.29) is 34.5 Å². The molecule has 0 rings (SSSR count). The summed E-state index contributed by atoms with van der Waals surface area (Å²) in [5.74, 6) is -3.87. The third-order valence-corrected chi connectivity index (χ3v) is 6.96. The Labute approximate surface area is 246 Å². The van der Waals surface area contributed by atoms with Gasteiger partial charge in [0, 0.05) is 16.7 Å². The number of ether oxygens (including phenoxy) is 1. The molecule has 0 aromatic rings. The molecule has 2 atom stereocenters. The van der Waals surface area contributed by atoms with Crippen molar-refractivity contribution in [3.8, 4) is 0 Å². The standard InChI is InChI=1S/C36H48F4O/c1-13-14-15-22-41-32(12)36(40)35(39)31(11)28(8)21-20-27(7)30(10)34(38)33(37)29(9)26(6)19-18-25(5)24(4)17-16-23(2)3/h13,19-21,23-25H,1,7-12,14-18,22H2,2-6H3/b21-20-,26-19+,34-33-,36-35-. The molecule has 0 aromatic heterocycles. The highest BCUT2D eigenvalue weighted by Gasteiger charge is 2.18. The van der Waals surface area contributed by atoms with Crippen LogP contribution in [-0.2, 0) is 4.74 Å². The van der Waals surface area contributed by atoms with E-state index in [1.807, 2.05) is 6.08 Å². The van der Waals surface area contributed by atoms with Crippen LogP contribution >= 0.6 is 0 Å². The van der Waals surface area contributed by atoms with Crippen LogP contribution in [0.15, 0.2) is 133 Å². The number of unbranched alkanes of at least 4 members (excludes halogenated alkanes) is 1. The first-order valence-electron chi connectivity index (χ1n) is 13.9. The smallest absolute Gasteiger partial charge is 0.200 e. The maximum Gasteiger partial charge on any atom is 0.200 e. The Bertz CT molecular complexity index is 1140. The molecule has 226 valence electrons. The fourth-order valence-electron chi connectivity index (χ4n) is 3.46. The van der Waals surface area contributed by atoms with Gasteiger partial charge in [-0.2, -0.15) is 4.39 Å². The van der Waals surface area contributed by atoms with E-state index in [0.717, 1.165) is 19.3 Å². The predicted octanol–water partition coefficient (Wildman–Crippen LogP) is 12.2. The molecule has 0 aliphatic rings. The first-order chi connectivity index (χ1) is 19.1. The van der Waals surface area contributed by atoms with Crippen molar-refractivity contribution in [2.45, 2.75) is 66.7 Å². The van der Waals surface area contributed by atoms with Gasteiger partial charge in [-0.3, -0.25) is 0 Å². The van der Waals surface area contributed by atoms with Crippen LogP contribution in [0.3, 0.4) is 0 Å². The molecule has 0 aliphatic heterocycles. The lowest BCUT2D eigenvalue weighted by atomic mass is 9.86. The lowest BCUT2D eigenvalue weighted by molar-refractivity contribution is 0.205. The fourth-order valence-corrected chi connectivity index (χ4v) is 3.46. The van der Waals surface area contributed by atoms with Gasteiger partial charge in [0.15, 0.2) is 23.2 Å². The summed E-state index contributed by atoms with van der Waals surface area (Å²) in [5, 5.41) is 0. The molecule has 0 N–H and O–H groups in total. The number of hydrogen-bond acceptors (Lipinski definition) is 1. The van der Waals surface area contributed by atoms with E-state index in [1.54, 1.807) is 13.0 Å². The second-order valence-corrected chi connectivity index (χ2v) is 10.8. The Kier molecular flexibility index (Phi) is 17.4. The number of rotatable bonds is 20. The van der Waals surface area contributed by atoms with Crippen LogP contribution in [0.25, 0.3) is 0 Å². The molecule has 41 heavy (non-hydrogen) atoms. The van der Waals surface area contributed by atoms with Crippen molar-refractivity contribution in [3.63, 3.8) is 0 Å². The fraction of sp³-hybridized carbons (Fsp3) is 0.389. The maximum atomic E-state index is 15.0. The third kappa shape index (κ3) is 13.2. The second-order valence-electron chi connectivity index (χ2n) is 10.8. The average molecular weight is 573 g/mol. The molecule has 0 aliphatic carbocycles. The summed E-state index contributed by atoms with van der Waals surface area (Å²) < 4.78 is 63.9. The van der Waals surface area contributed by atoms with Crippen molar-refractivity contribution in [2.75, 3.05) is 6.61 Å². The quantitative estimate of drug-likeness (QED) is 0.0463. The molecular formula is C36H48F4O. The average Bonchev–Trinajstić information content (AvgIpc) is 2.95. The molecule has 0 heterocycles. The molecular weight excluding hydrogens is 524 g/mol. The lowest BCUT2D eigenvalue weighted by Crippen LogP contribution is -2.08. The highest BCUT2D eigenvalue weighted by Crippen LogP contribution is 2.32. The summed E-state index contributed by atoms with van der Waals surface area (Å²) in [4.78, 5) is 0. The molecule has 0 fully saturated rings. The van der Waals surface area contributed by atoms with Gasteiger partial charge < -0.3 is 4.74 Å². The Morgan fingerprint density at radius 2 is 1.20 bits per heavy atom. The van der Waals surface area contributed by atoms with Gasteiger partial charge in [0.05, 0.1) is 6.61 Å². The topological polar surface area (TPSA) is 9.23 Å². The van der Waals surface area contributed by atoms with E-state index < -0.39 is 29.1 Å². The minimum Gasteiger partial charge on any atom is -0.491 e. The third-order valence-electron chi connectivity index (χ3n) is 6.96. The number of allylic oxidation sites excluding steroid dienone is 14. The Balaban J connectivity index is 5.36. The minimum absolute atomic E-state index is 0.00783. The zero-order valence-corrected chi connectivity index (χ0v) is 25.7. The highest BCUT2D eigenvalue weighted by molar-refractivity contribution is 5.55. The first kappa shape index (κ1) is 37.7. The molecule has 0 spiro atoms. The monoisotopic (exact) mass is 572 g/mol. The maximum absolute atomic E-state index is 15.0. The van der Waals surface area contributed by atoms with Gasteiger partial charge in [-0.1, -0.05) is 104 Å². The molecule has 5 heteroatoms. The molecule has 0 saturated heterocycles. The Morgan fingerprint density at radius 1 is 0.707 bits per heavy atom. The Morgan fingerprint density at radius 3 is 1.68 bits per heavy atom. The van der Waals surface area contributed by atoms with E-state index in [2.05, 4.69) is 73.7 Å². The van der Waals surface area contributed by atoms with Crippen molar-refractivity contribution < 1.29 is 22.3 Å². The first-order valence-corrected chi connectivity index (χ1v) is 13.9. The van der Waals surface area contributed by atoms with Gasteiger partial charge in [0.1, 0.15) is 0 Å². The summed E-state index contributed by atoms with van der Waals surface area (Å²) in [6.45, 7) is 35.7. The van der Waals surface area contributed by atoms with Crippen molar-refractivity contribution in [3.05, 3.63) is 133 Å². The van der Waals surface area contributed by atoms with Gasteiger partial charge in [-0.15, -0.1) is 6.58 Å². The minimum atomic E-state index is -1.30. The Hall–Kier alpha value is -3.34. The van der Waals surface area contributed by atoms with Crippen molar-refractivity contribution in [1.29, 1.82) is 0 Å². The largest absolute Gasteiger partial charge is 0.491 e. The number of halogens is 4. The summed E-state index contributed by atoms with van der Waals surface area (Å²) in [7, 11) is 0. The van der Waals surface area contributed by atoms with Gasteiger partial charge >= 0.3 is 0 Å². The highest BCUT2D eigenvalue weighted by atomic mass is 19.2. The molecule has 0 amide bonds. The zero-order chi connectivity index (χ0) is 31.9. The van der Waals surface area contributed by atoms with Crippen LogP contribution in [0.4, 0.5) is 17.6 Å².